The van der Waals surface area contributed by atoms with Crippen LogP contribution in [0.2, 0.25) is 0 Å². The lowest BCUT2D eigenvalue weighted by Gasteiger charge is -2.41. The van der Waals surface area contributed by atoms with Crippen LogP contribution in [0.3, 0.4) is 0 Å². The molecule has 2 aromatic heterocycles. The fourth-order valence-electron chi connectivity index (χ4n) is 4.46. The van der Waals surface area contributed by atoms with E-state index in [0.29, 0.717) is 19.4 Å². The lowest BCUT2D eigenvalue weighted by Crippen LogP contribution is -2.49. The molecule has 1 fully saturated rings. The molecule has 1 aromatic carbocycles. The van der Waals surface area contributed by atoms with E-state index in [2.05, 4.69) is 15.0 Å². The van der Waals surface area contributed by atoms with Gasteiger partial charge in [0.05, 0.1) is 23.9 Å². The molecule has 0 spiro atoms. The highest BCUT2D eigenvalue weighted by Crippen LogP contribution is 2.35. The quantitative estimate of drug-likeness (QED) is 0.434. The zero-order chi connectivity index (χ0) is 25.0. The van der Waals surface area contributed by atoms with Crippen molar-refractivity contribution in [2.45, 2.75) is 38.4 Å². The highest BCUT2D eigenvalue weighted by atomic mass is 19.4. The summed E-state index contributed by atoms with van der Waals surface area (Å²) in [4.78, 5) is 27.5. The maximum absolute atomic E-state index is 13.7. The Labute approximate surface area is 200 Å². The van der Waals surface area contributed by atoms with Crippen molar-refractivity contribution in [1.82, 2.24) is 19.9 Å². The van der Waals surface area contributed by atoms with Crippen LogP contribution in [0.4, 0.5) is 17.6 Å². The monoisotopic (exact) mass is 488 g/mol. The molecule has 0 N–H and O–H groups in total. The van der Waals surface area contributed by atoms with Crippen LogP contribution in [0.5, 0.6) is 5.88 Å². The largest absolute Gasteiger partial charge is 0.477 e. The van der Waals surface area contributed by atoms with Crippen LogP contribution in [0, 0.1) is 11.7 Å². The Hall–Kier alpha value is -3.56. The van der Waals surface area contributed by atoms with Crippen molar-refractivity contribution in [3.8, 4) is 17.3 Å². The highest BCUT2D eigenvalue weighted by Gasteiger charge is 2.37. The van der Waals surface area contributed by atoms with Crippen molar-refractivity contribution in [1.29, 1.82) is 0 Å². The number of likely N-dealkylation sites (tertiary alicyclic amines) is 1. The van der Waals surface area contributed by atoms with Gasteiger partial charge in [-0.3, -0.25) is 4.79 Å². The molecule has 1 aliphatic rings. The third kappa shape index (κ3) is 5.58. The normalized spacial score (nSPS) is 18.4. The van der Waals surface area contributed by atoms with Crippen LogP contribution in [0.25, 0.3) is 11.4 Å². The van der Waals surface area contributed by atoms with Gasteiger partial charge >= 0.3 is 6.18 Å². The number of amides is 1. The lowest BCUT2D eigenvalue weighted by atomic mass is 9.87. The first-order valence-electron chi connectivity index (χ1n) is 11.3. The fraction of sp³-hybridized carbons (Fsp3) is 0.360. The Balaban J connectivity index is 1.63. The highest BCUT2D eigenvalue weighted by molar-refractivity contribution is 6.00. The number of carbonyl (C=O) groups is 1. The van der Waals surface area contributed by atoms with E-state index in [1.54, 1.807) is 11.0 Å². The Kier molecular flexibility index (Phi) is 7.28. The van der Waals surface area contributed by atoms with Crippen LogP contribution >= 0.6 is 0 Å². The first kappa shape index (κ1) is 24.6. The van der Waals surface area contributed by atoms with Gasteiger partial charge in [0.1, 0.15) is 5.82 Å². The molecule has 184 valence electrons. The average molecular weight is 488 g/mol. The van der Waals surface area contributed by atoms with Crippen LogP contribution in [-0.2, 0) is 6.18 Å². The predicted octanol–water partition coefficient (Wildman–Crippen LogP) is 5.41. The smallest absolute Gasteiger partial charge is 0.416 e. The van der Waals surface area contributed by atoms with Gasteiger partial charge in [0.25, 0.3) is 5.91 Å². The number of hydrogen-bond donors (Lipinski definition) is 0. The molecular weight excluding hydrogens is 464 g/mol. The Morgan fingerprint density at radius 2 is 1.91 bits per heavy atom. The van der Waals surface area contributed by atoms with Crippen molar-refractivity contribution < 1.29 is 27.1 Å². The van der Waals surface area contributed by atoms with Gasteiger partial charge < -0.3 is 9.64 Å². The minimum atomic E-state index is -4.60. The number of halogens is 4. The van der Waals surface area contributed by atoms with Gasteiger partial charge in [-0.25, -0.2) is 19.3 Å². The van der Waals surface area contributed by atoms with Crippen LogP contribution in [0.1, 0.15) is 42.1 Å². The number of carbonyl (C=O) groups excluding carboxylic acids is 1. The first-order chi connectivity index (χ1) is 16.8. The third-order valence-corrected chi connectivity index (χ3v) is 6.13. The van der Waals surface area contributed by atoms with E-state index in [9.17, 15) is 22.4 Å². The number of ether oxygens (including phenoxy) is 1. The molecule has 1 saturated heterocycles. The lowest BCUT2D eigenvalue weighted by molar-refractivity contribution is -0.137. The zero-order valence-corrected chi connectivity index (χ0v) is 19.0. The van der Waals surface area contributed by atoms with Crippen LogP contribution in [0.15, 0.2) is 55.0 Å². The van der Waals surface area contributed by atoms with Crippen molar-refractivity contribution in [2.24, 2.45) is 5.92 Å². The number of rotatable bonds is 6. The van der Waals surface area contributed by atoms with Gasteiger partial charge in [-0.15, -0.1) is 0 Å². The van der Waals surface area contributed by atoms with E-state index in [1.807, 2.05) is 6.92 Å². The summed E-state index contributed by atoms with van der Waals surface area (Å²) in [5.74, 6) is -0.595. The van der Waals surface area contributed by atoms with Crippen LogP contribution < -0.4 is 4.74 Å². The van der Waals surface area contributed by atoms with Crippen molar-refractivity contribution in [3.05, 3.63) is 71.9 Å². The SMILES string of the molecule is CCC1[C@@H](COc2ccc(F)cn2)CCCN1C(=O)c1cc(C(F)(F)F)ccc1-c1ncccn1. The van der Waals surface area contributed by atoms with Gasteiger partial charge in [0.15, 0.2) is 5.82 Å². The zero-order valence-electron chi connectivity index (χ0n) is 19.0. The number of piperidine rings is 1. The Morgan fingerprint density at radius 3 is 2.57 bits per heavy atom. The molecule has 3 heterocycles. The molecule has 1 aliphatic heterocycles. The molecule has 0 bridgehead atoms. The van der Waals surface area contributed by atoms with Gasteiger partial charge in [-0.1, -0.05) is 6.92 Å². The Morgan fingerprint density at radius 1 is 1.14 bits per heavy atom. The molecule has 0 aliphatic carbocycles. The molecule has 10 heteroatoms. The van der Waals surface area contributed by atoms with E-state index >= 15 is 0 Å². The minimum Gasteiger partial charge on any atom is -0.477 e. The fourth-order valence-corrected chi connectivity index (χ4v) is 4.46. The van der Waals surface area contributed by atoms with E-state index < -0.39 is 23.5 Å². The number of alkyl halides is 3. The second-order valence-electron chi connectivity index (χ2n) is 8.33. The number of pyridine rings is 1. The predicted molar refractivity (Wildman–Crippen MR) is 120 cm³/mol. The number of nitrogens with zero attached hydrogens (tertiary/aromatic N) is 4. The summed E-state index contributed by atoms with van der Waals surface area (Å²) in [5, 5.41) is 0. The molecule has 4 rings (SSSR count). The molecule has 6 nitrogen and oxygen atoms in total. The molecule has 2 atom stereocenters. The minimum absolute atomic E-state index is 0.0632. The third-order valence-electron chi connectivity index (χ3n) is 6.13. The summed E-state index contributed by atoms with van der Waals surface area (Å²) >= 11 is 0. The van der Waals surface area contributed by atoms with Crippen molar-refractivity contribution in [3.63, 3.8) is 0 Å². The molecule has 1 amide bonds. The second kappa shape index (κ2) is 10.4. The molecule has 0 radical (unpaired) electrons. The molecule has 35 heavy (non-hydrogen) atoms. The number of hydrogen-bond acceptors (Lipinski definition) is 5. The van der Waals surface area contributed by atoms with Gasteiger partial charge in [-0.2, -0.15) is 13.2 Å². The summed E-state index contributed by atoms with van der Waals surface area (Å²) < 4.78 is 59.3. The van der Waals surface area contributed by atoms with Gasteiger partial charge in [0, 0.05) is 42.5 Å². The Bertz CT molecular complexity index is 1160. The maximum Gasteiger partial charge on any atom is 0.416 e. The first-order valence-corrected chi connectivity index (χ1v) is 11.3. The molecule has 1 unspecified atom stereocenters. The summed E-state index contributed by atoms with van der Waals surface area (Å²) in [7, 11) is 0. The topological polar surface area (TPSA) is 68.2 Å². The van der Waals surface area contributed by atoms with Crippen molar-refractivity contribution >= 4 is 5.91 Å². The summed E-state index contributed by atoms with van der Waals surface area (Å²) in [6.07, 6.45) is 1.44. The van der Waals surface area contributed by atoms with Crippen molar-refractivity contribution in [2.75, 3.05) is 13.2 Å². The van der Waals surface area contributed by atoms with E-state index in [4.69, 9.17) is 4.74 Å². The number of aromatic nitrogens is 3. The number of benzene rings is 1. The van der Waals surface area contributed by atoms with Gasteiger partial charge in [-0.05, 0) is 49.6 Å². The van der Waals surface area contributed by atoms with E-state index in [1.165, 1.54) is 30.6 Å². The standard InChI is InChI=1S/C25H24F4N4O2/c1-2-21-16(15-35-22-9-7-18(26)14-32-22)5-3-12-33(21)24(34)20-13-17(25(27,28)29)6-8-19(20)23-30-10-4-11-31-23/h4,6-11,13-14,16,21H,2-3,5,12,15H2,1H3/t16-,21?/m1/s1. The average Bonchev–Trinajstić information content (AvgIpc) is 2.87. The molecular formula is C25H24F4N4O2. The summed E-state index contributed by atoms with van der Waals surface area (Å²) in [6.45, 7) is 2.58. The van der Waals surface area contributed by atoms with E-state index in [-0.39, 0.29) is 41.4 Å². The van der Waals surface area contributed by atoms with Crippen LogP contribution in [-0.4, -0.2) is 45.0 Å². The van der Waals surface area contributed by atoms with Gasteiger partial charge in [0.2, 0.25) is 5.88 Å². The molecule has 3 aromatic rings. The molecule has 0 saturated carbocycles. The van der Waals surface area contributed by atoms with E-state index in [0.717, 1.165) is 24.8 Å². The maximum atomic E-state index is 13.7. The second-order valence-corrected chi connectivity index (χ2v) is 8.33. The summed E-state index contributed by atoms with van der Waals surface area (Å²) in [5.41, 5.74) is -0.758. The summed E-state index contributed by atoms with van der Waals surface area (Å²) in [6, 6.07) is 7.07.